The molecular weight excluding hydrogens is 380 g/mol. The van der Waals surface area contributed by atoms with E-state index in [2.05, 4.69) is 25.1 Å². The summed E-state index contributed by atoms with van der Waals surface area (Å²) in [6.45, 7) is 3.03. The minimum Gasteiger partial charge on any atom is -0.370 e. The van der Waals surface area contributed by atoms with Crippen molar-refractivity contribution in [3.63, 3.8) is 0 Å². The van der Waals surface area contributed by atoms with Crippen LogP contribution in [0.2, 0.25) is 0 Å². The smallest absolute Gasteiger partial charge is 0.229 e. The van der Waals surface area contributed by atoms with Gasteiger partial charge in [0, 0.05) is 44.5 Å². The Hall–Kier alpha value is -3.16. The van der Waals surface area contributed by atoms with Crippen molar-refractivity contribution in [2.75, 3.05) is 41.3 Å². The Morgan fingerprint density at radius 1 is 1.00 bits per heavy atom. The number of rotatable bonds is 5. The predicted octanol–water partition coefficient (Wildman–Crippen LogP) is 2.03. The minimum atomic E-state index is -0.221. The van der Waals surface area contributed by atoms with Crippen molar-refractivity contribution in [2.24, 2.45) is 17.6 Å². The standard InChI is InChI=1S/C22H28N6O2/c23-21(29)16-7-12-27(13-8-16)19-6-2-1-5-18(19)26-22(30)17-4-3-11-28(15-17)20-14-24-9-10-25-20/h1-2,5-6,9-10,14,16-17H,3-4,7-8,11-13,15H2,(H2,23,29)(H,26,30). The van der Waals surface area contributed by atoms with Crippen LogP contribution in [0.1, 0.15) is 25.7 Å². The summed E-state index contributed by atoms with van der Waals surface area (Å²) in [7, 11) is 0. The summed E-state index contributed by atoms with van der Waals surface area (Å²) in [5, 5.41) is 3.15. The number of anilines is 3. The highest BCUT2D eigenvalue weighted by molar-refractivity contribution is 5.96. The maximum Gasteiger partial charge on any atom is 0.229 e. The van der Waals surface area contributed by atoms with Gasteiger partial charge in [-0.2, -0.15) is 0 Å². The normalized spacial score (nSPS) is 20.1. The molecule has 2 aromatic rings. The molecule has 2 aliphatic heterocycles. The van der Waals surface area contributed by atoms with Crippen molar-refractivity contribution in [1.29, 1.82) is 0 Å². The average molecular weight is 409 g/mol. The van der Waals surface area contributed by atoms with Crippen molar-refractivity contribution in [2.45, 2.75) is 25.7 Å². The summed E-state index contributed by atoms with van der Waals surface area (Å²) in [5.41, 5.74) is 7.27. The fraction of sp³-hybridized carbons (Fsp3) is 0.455. The van der Waals surface area contributed by atoms with Crippen LogP contribution in [-0.4, -0.2) is 48.0 Å². The van der Waals surface area contributed by atoms with Crippen LogP contribution < -0.4 is 20.9 Å². The highest BCUT2D eigenvalue weighted by Crippen LogP contribution is 2.31. The van der Waals surface area contributed by atoms with Gasteiger partial charge in [-0.1, -0.05) is 12.1 Å². The number of piperidine rings is 2. The third-order valence-electron chi connectivity index (χ3n) is 6.07. The molecule has 1 aromatic heterocycles. The van der Waals surface area contributed by atoms with Gasteiger partial charge in [0.05, 0.1) is 23.5 Å². The topological polar surface area (TPSA) is 104 Å². The van der Waals surface area contributed by atoms with E-state index in [4.69, 9.17) is 5.73 Å². The van der Waals surface area contributed by atoms with E-state index >= 15 is 0 Å². The molecule has 2 amide bonds. The first kappa shape index (κ1) is 20.1. The number of benzene rings is 1. The van der Waals surface area contributed by atoms with E-state index < -0.39 is 0 Å². The number of nitrogens with one attached hydrogen (secondary N) is 1. The molecule has 30 heavy (non-hydrogen) atoms. The molecule has 4 rings (SSSR count). The third kappa shape index (κ3) is 4.53. The van der Waals surface area contributed by atoms with Crippen molar-refractivity contribution < 1.29 is 9.59 Å². The first-order valence-electron chi connectivity index (χ1n) is 10.6. The summed E-state index contributed by atoms with van der Waals surface area (Å²) >= 11 is 0. The van der Waals surface area contributed by atoms with Gasteiger partial charge in [0.2, 0.25) is 11.8 Å². The molecule has 0 radical (unpaired) electrons. The van der Waals surface area contributed by atoms with Crippen LogP contribution in [0.15, 0.2) is 42.9 Å². The van der Waals surface area contributed by atoms with Gasteiger partial charge >= 0.3 is 0 Å². The molecule has 8 heteroatoms. The van der Waals surface area contributed by atoms with E-state index in [1.807, 2.05) is 24.3 Å². The lowest BCUT2D eigenvalue weighted by atomic mass is 9.95. The number of nitrogens with zero attached hydrogens (tertiary/aromatic N) is 4. The quantitative estimate of drug-likeness (QED) is 0.784. The van der Waals surface area contributed by atoms with E-state index in [0.29, 0.717) is 6.54 Å². The van der Waals surface area contributed by atoms with Gasteiger partial charge in [0.25, 0.3) is 0 Å². The molecule has 2 fully saturated rings. The van der Waals surface area contributed by atoms with E-state index in [1.165, 1.54) is 0 Å². The SMILES string of the molecule is NC(=O)C1CCN(c2ccccc2NC(=O)C2CCCN(c3cnccn3)C2)CC1. The van der Waals surface area contributed by atoms with Crippen molar-refractivity contribution >= 4 is 29.0 Å². The average Bonchev–Trinajstić information content (AvgIpc) is 2.80. The number of hydrogen-bond donors (Lipinski definition) is 2. The summed E-state index contributed by atoms with van der Waals surface area (Å²) in [6.07, 6.45) is 8.36. The van der Waals surface area contributed by atoms with Crippen LogP contribution in [0, 0.1) is 11.8 Å². The molecule has 0 saturated carbocycles. The molecule has 1 unspecified atom stereocenters. The molecular formula is C22H28N6O2. The van der Waals surface area contributed by atoms with Crippen LogP contribution in [0.25, 0.3) is 0 Å². The molecule has 0 bridgehead atoms. The Bertz CT molecular complexity index is 882. The molecule has 2 aliphatic rings. The van der Waals surface area contributed by atoms with Crippen LogP contribution in [0.4, 0.5) is 17.2 Å². The Morgan fingerprint density at radius 2 is 1.80 bits per heavy atom. The predicted molar refractivity (Wildman–Crippen MR) is 116 cm³/mol. The monoisotopic (exact) mass is 408 g/mol. The molecule has 1 atom stereocenters. The number of primary amides is 1. The zero-order chi connectivity index (χ0) is 20.9. The van der Waals surface area contributed by atoms with E-state index in [9.17, 15) is 9.59 Å². The number of carbonyl (C=O) groups excluding carboxylic acids is 2. The molecule has 0 spiro atoms. The van der Waals surface area contributed by atoms with Gasteiger partial charge in [-0.25, -0.2) is 4.98 Å². The number of amides is 2. The Kier molecular flexibility index (Phi) is 6.11. The maximum absolute atomic E-state index is 13.1. The molecule has 2 saturated heterocycles. The van der Waals surface area contributed by atoms with E-state index in [-0.39, 0.29) is 23.7 Å². The highest BCUT2D eigenvalue weighted by atomic mass is 16.2. The number of para-hydroxylation sites is 2. The number of hydrogen-bond acceptors (Lipinski definition) is 6. The third-order valence-corrected chi connectivity index (χ3v) is 6.07. The molecule has 3 heterocycles. The Labute approximate surface area is 176 Å². The number of nitrogens with two attached hydrogens (primary N) is 1. The van der Waals surface area contributed by atoms with Gasteiger partial charge in [0.1, 0.15) is 5.82 Å². The molecule has 8 nitrogen and oxygen atoms in total. The first-order valence-corrected chi connectivity index (χ1v) is 10.6. The van der Waals surface area contributed by atoms with E-state index in [1.54, 1.807) is 18.6 Å². The second-order valence-corrected chi connectivity index (χ2v) is 8.02. The zero-order valence-electron chi connectivity index (χ0n) is 17.0. The highest BCUT2D eigenvalue weighted by Gasteiger charge is 2.28. The van der Waals surface area contributed by atoms with Gasteiger partial charge in [-0.05, 0) is 37.8 Å². The number of aromatic nitrogens is 2. The zero-order valence-corrected chi connectivity index (χ0v) is 17.0. The Balaban J connectivity index is 1.42. The van der Waals surface area contributed by atoms with Crippen LogP contribution in [0.3, 0.4) is 0 Å². The lowest BCUT2D eigenvalue weighted by Crippen LogP contribution is -2.41. The van der Waals surface area contributed by atoms with Gasteiger partial charge in [-0.3, -0.25) is 14.6 Å². The lowest BCUT2D eigenvalue weighted by Gasteiger charge is -2.35. The fourth-order valence-corrected chi connectivity index (χ4v) is 4.35. The summed E-state index contributed by atoms with van der Waals surface area (Å²) in [4.78, 5) is 37.4. The minimum absolute atomic E-state index is 0.0306. The van der Waals surface area contributed by atoms with Gasteiger partial charge < -0.3 is 20.9 Å². The van der Waals surface area contributed by atoms with E-state index in [0.717, 1.165) is 62.5 Å². The molecule has 3 N–H and O–H groups in total. The molecule has 1 aromatic carbocycles. The van der Waals surface area contributed by atoms with Crippen LogP contribution in [-0.2, 0) is 9.59 Å². The van der Waals surface area contributed by atoms with Crippen LogP contribution in [0.5, 0.6) is 0 Å². The summed E-state index contributed by atoms with van der Waals surface area (Å²) in [6, 6.07) is 7.87. The van der Waals surface area contributed by atoms with Crippen molar-refractivity contribution in [1.82, 2.24) is 9.97 Å². The summed E-state index contributed by atoms with van der Waals surface area (Å²) in [5.74, 6) is 0.462. The maximum atomic E-state index is 13.1. The first-order chi connectivity index (χ1) is 14.6. The van der Waals surface area contributed by atoms with Crippen molar-refractivity contribution in [3.05, 3.63) is 42.9 Å². The van der Waals surface area contributed by atoms with Crippen LogP contribution >= 0.6 is 0 Å². The van der Waals surface area contributed by atoms with Crippen molar-refractivity contribution in [3.8, 4) is 0 Å². The molecule has 158 valence electrons. The largest absolute Gasteiger partial charge is 0.370 e. The fourth-order valence-electron chi connectivity index (χ4n) is 4.35. The van der Waals surface area contributed by atoms with Gasteiger partial charge in [-0.15, -0.1) is 0 Å². The number of carbonyl (C=O) groups is 2. The van der Waals surface area contributed by atoms with Gasteiger partial charge in [0.15, 0.2) is 0 Å². The Morgan fingerprint density at radius 3 is 2.53 bits per heavy atom. The molecule has 0 aliphatic carbocycles. The lowest BCUT2D eigenvalue weighted by molar-refractivity contribution is -0.122. The second-order valence-electron chi connectivity index (χ2n) is 8.02. The summed E-state index contributed by atoms with van der Waals surface area (Å²) < 4.78 is 0. The second kappa shape index (κ2) is 9.11.